The molecule has 0 aliphatic rings. The second-order valence-corrected chi connectivity index (χ2v) is 3.21. The first-order chi connectivity index (χ1) is 6.77. The highest BCUT2D eigenvalue weighted by atomic mass is 35.5. The fourth-order valence-electron chi connectivity index (χ4n) is 1.14. The van der Waals surface area contributed by atoms with Gasteiger partial charge in [-0.25, -0.2) is 0 Å². The summed E-state index contributed by atoms with van der Waals surface area (Å²) >= 11 is 5.75. The number of H-pyrrole nitrogens is 1. The van der Waals surface area contributed by atoms with E-state index in [0.29, 0.717) is 16.4 Å². The third kappa shape index (κ3) is 1.67. The quantitative estimate of drug-likeness (QED) is 0.767. The zero-order chi connectivity index (χ0) is 9.97. The summed E-state index contributed by atoms with van der Waals surface area (Å²) in [6.45, 7) is 0. The number of aromatic nitrogens is 2. The minimum atomic E-state index is -0.155. The molecule has 0 spiro atoms. The van der Waals surface area contributed by atoms with Gasteiger partial charge in [0, 0.05) is 17.4 Å². The lowest BCUT2D eigenvalue weighted by Crippen LogP contribution is -2.03. The predicted octanol–water partition coefficient (Wildman–Crippen LogP) is 2.29. The molecule has 2 rings (SSSR count). The molecule has 0 radical (unpaired) electrons. The first-order valence-electron chi connectivity index (χ1n) is 4.07. The molecule has 1 N–H and O–H groups in total. The van der Waals surface area contributed by atoms with Crippen LogP contribution in [0.15, 0.2) is 36.7 Å². The first kappa shape index (κ1) is 8.97. The van der Waals surface area contributed by atoms with Crippen LogP contribution in [0.3, 0.4) is 0 Å². The van der Waals surface area contributed by atoms with Crippen molar-refractivity contribution in [2.75, 3.05) is 0 Å². The van der Waals surface area contributed by atoms with Crippen molar-refractivity contribution in [3.8, 4) is 0 Å². The van der Waals surface area contributed by atoms with Gasteiger partial charge in [0.15, 0.2) is 0 Å². The lowest BCUT2D eigenvalue weighted by Gasteiger charge is -1.97. The number of halogens is 1. The number of nitrogens with zero attached hydrogens (tertiary/aromatic N) is 1. The molecule has 70 valence electrons. The summed E-state index contributed by atoms with van der Waals surface area (Å²) in [7, 11) is 0. The zero-order valence-corrected chi connectivity index (χ0v) is 7.95. The summed E-state index contributed by atoms with van der Waals surface area (Å²) in [6.07, 6.45) is 3.20. The smallest absolute Gasteiger partial charge is 0.227 e. The summed E-state index contributed by atoms with van der Waals surface area (Å²) in [5.41, 5.74) is 0.861. The molecular formula is C10H7ClN2O. The molecule has 0 atom stereocenters. The van der Waals surface area contributed by atoms with E-state index in [-0.39, 0.29) is 5.78 Å². The zero-order valence-electron chi connectivity index (χ0n) is 7.20. The summed E-state index contributed by atoms with van der Waals surface area (Å²) in [6, 6.07) is 6.64. The minimum Gasteiger partial charge on any atom is -0.358 e. The maximum atomic E-state index is 11.7. The number of ketones is 1. The van der Waals surface area contributed by atoms with Crippen molar-refractivity contribution in [1.29, 1.82) is 0 Å². The van der Waals surface area contributed by atoms with Gasteiger partial charge >= 0.3 is 0 Å². The molecule has 0 fully saturated rings. The molecule has 0 saturated carbocycles. The summed E-state index contributed by atoms with van der Waals surface area (Å²) in [5, 5.41) is 0.509. The third-order valence-electron chi connectivity index (χ3n) is 1.80. The van der Waals surface area contributed by atoms with Gasteiger partial charge < -0.3 is 4.98 Å². The maximum absolute atomic E-state index is 11.7. The Morgan fingerprint density at radius 2 is 2.29 bits per heavy atom. The topological polar surface area (TPSA) is 45.8 Å². The lowest BCUT2D eigenvalue weighted by atomic mass is 10.2. The van der Waals surface area contributed by atoms with Gasteiger partial charge in [-0.3, -0.25) is 9.78 Å². The van der Waals surface area contributed by atoms with E-state index >= 15 is 0 Å². The van der Waals surface area contributed by atoms with Gasteiger partial charge in [0.1, 0.15) is 5.69 Å². The Morgan fingerprint density at radius 3 is 2.93 bits per heavy atom. The average Bonchev–Trinajstić information content (AvgIpc) is 2.69. The van der Waals surface area contributed by atoms with Crippen molar-refractivity contribution in [1.82, 2.24) is 9.97 Å². The van der Waals surface area contributed by atoms with E-state index in [1.54, 1.807) is 30.5 Å². The number of rotatable bonds is 2. The van der Waals surface area contributed by atoms with Crippen LogP contribution < -0.4 is 0 Å². The highest BCUT2D eigenvalue weighted by Crippen LogP contribution is 2.11. The van der Waals surface area contributed by atoms with Gasteiger partial charge in [-0.1, -0.05) is 11.6 Å². The van der Waals surface area contributed by atoms with E-state index in [1.165, 1.54) is 6.20 Å². The largest absolute Gasteiger partial charge is 0.358 e. The summed E-state index contributed by atoms with van der Waals surface area (Å²) in [4.78, 5) is 18.5. The van der Waals surface area contributed by atoms with E-state index in [9.17, 15) is 4.79 Å². The van der Waals surface area contributed by atoms with Gasteiger partial charge in [-0.2, -0.15) is 0 Å². The Balaban J connectivity index is 2.37. The van der Waals surface area contributed by atoms with E-state index in [2.05, 4.69) is 9.97 Å². The molecule has 3 nitrogen and oxygen atoms in total. The van der Waals surface area contributed by atoms with Gasteiger partial charge in [-0.15, -0.1) is 0 Å². The number of carbonyl (C=O) groups is 1. The van der Waals surface area contributed by atoms with Gasteiger partial charge in [0.2, 0.25) is 5.78 Å². The van der Waals surface area contributed by atoms with Crippen LogP contribution in [0, 0.1) is 0 Å². The van der Waals surface area contributed by atoms with Crippen LogP contribution in [0.4, 0.5) is 0 Å². The van der Waals surface area contributed by atoms with Crippen molar-refractivity contribution in [2.24, 2.45) is 0 Å². The van der Waals surface area contributed by atoms with Crippen molar-refractivity contribution in [3.05, 3.63) is 53.1 Å². The number of aromatic amines is 1. The van der Waals surface area contributed by atoms with Gasteiger partial charge in [0.25, 0.3) is 0 Å². The molecule has 2 heterocycles. The molecule has 0 bridgehead atoms. The van der Waals surface area contributed by atoms with Crippen molar-refractivity contribution in [3.63, 3.8) is 0 Å². The van der Waals surface area contributed by atoms with Crippen LogP contribution in [0.1, 0.15) is 16.2 Å². The van der Waals surface area contributed by atoms with Crippen LogP contribution >= 0.6 is 11.6 Å². The number of hydrogen-bond donors (Lipinski definition) is 1. The summed E-state index contributed by atoms with van der Waals surface area (Å²) < 4.78 is 0. The molecule has 0 aromatic carbocycles. The van der Waals surface area contributed by atoms with Gasteiger partial charge in [-0.05, 0) is 24.3 Å². The number of carbonyl (C=O) groups excluding carboxylic acids is 1. The number of hydrogen-bond acceptors (Lipinski definition) is 2. The fourth-order valence-corrected chi connectivity index (χ4v) is 1.30. The Hall–Kier alpha value is -1.61. The molecule has 14 heavy (non-hydrogen) atoms. The average molecular weight is 207 g/mol. The van der Waals surface area contributed by atoms with Crippen LogP contribution in [0.5, 0.6) is 0 Å². The molecule has 0 aliphatic carbocycles. The SMILES string of the molecule is O=C(c1cc(Cl)ccn1)c1ccc[nH]1. The fraction of sp³-hybridized carbons (Fsp3) is 0. The van der Waals surface area contributed by atoms with Crippen LogP contribution in [0.25, 0.3) is 0 Å². The van der Waals surface area contributed by atoms with Crippen molar-refractivity contribution in [2.45, 2.75) is 0 Å². The van der Waals surface area contributed by atoms with Crippen molar-refractivity contribution < 1.29 is 4.79 Å². The molecule has 0 unspecified atom stereocenters. The third-order valence-corrected chi connectivity index (χ3v) is 2.03. The Kier molecular flexibility index (Phi) is 2.33. The maximum Gasteiger partial charge on any atom is 0.227 e. The van der Waals surface area contributed by atoms with E-state index in [1.807, 2.05) is 0 Å². The number of pyridine rings is 1. The standard InChI is InChI=1S/C10H7ClN2O/c11-7-3-5-13-9(6-7)10(14)8-2-1-4-12-8/h1-6,12H. The minimum absolute atomic E-state index is 0.155. The predicted molar refractivity (Wildman–Crippen MR) is 53.5 cm³/mol. The second-order valence-electron chi connectivity index (χ2n) is 2.77. The highest BCUT2D eigenvalue weighted by molar-refractivity contribution is 6.31. The van der Waals surface area contributed by atoms with Crippen LogP contribution in [0.2, 0.25) is 5.02 Å². The molecule has 2 aromatic rings. The molecule has 0 amide bonds. The highest BCUT2D eigenvalue weighted by Gasteiger charge is 2.10. The Bertz CT molecular complexity index is 451. The lowest BCUT2D eigenvalue weighted by molar-refractivity contribution is 0.103. The van der Waals surface area contributed by atoms with E-state index < -0.39 is 0 Å². The summed E-state index contributed by atoms with van der Waals surface area (Å²) in [5.74, 6) is -0.155. The van der Waals surface area contributed by atoms with Gasteiger partial charge in [0.05, 0.1) is 5.69 Å². The van der Waals surface area contributed by atoms with Crippen LogP contribution in [-0.2, 0) is 0 Å². The molecular weight excluding hydrogens is 200 g/mol. The normalized spacial score (nSPS) is 10.1. The Morgan fingerprint density at radius 1 is 1.43 bits per heavy atom. The first-order valence-corrected chi connectivity index (χ1v) is 4.45. The molecule has 2 aromatic heterocycles. The van der Waals surface area contributed by atoms with E-state index in [4.69, 9.17) is 11.6 Å². The molecule has 4 heteroatoms. The van der Waals surface area contributed by atoms with E-state index in [0.717, 1.165) is 0 Å². The Labute approximate surface area is 85.7 Å². The molecule has 0 aliphatic heterocycles. The second kappa shape index (κ2) is 3.64. The molecule has 0 saturated heterocycles. The number of nitrogens with one attached hydrogen (secondary N) is 1. The van der Waals surface area contributed by atoms with Crippen LogP contribution in [-0.4, -0.2) is 15.8 Å². The monoisotopic (exact) mass is 206 g/mol. The van der Waals surface area contributed by atoms with Crippen molar-refractivity contribution >= 4 is 17.4 Å².